The van der Waals surface area contributed by atoms with Crippen LogP contribution in [0.5, 0.6) is 11.5 Å². The summed E-state index contributed by atoms with van der Waals surface area (Å²) >= 11 is 0. The number of H-pyrrole nitrogens is 1. The Morgan fingerprint density at radius 2 is 1.47 bits per heavy atom. The van der Waals surface area contributed by atoms with Crippen LogP contribution in [0.2, 0.25) is 0 Å². The van der Waals surface area contributed by atoms with E-state index in [1.165, 1.54) is 0 Å². The average Bonchev–Trinajstić information content (AvgIpc) is 3.30. The van der Waals surface area contributed by atoms with Gasteiger partial charge < -0.3 is 14.5 Å². The molecule has 4 rings (SSSR count). The minimum atomic E-state index is -3.66. The van der Waals surface area contributed by atoms with Crippen LogP contribution in [-0.4, -0.2) is 43.3 Å². The largest absolute Gasteiger partial charge is 0.497 e. The number of aryl methyl sites for hydroxylation is 1. The highest BCUT2D eigenvalue weighted by molar-refractivity contribution is 7.91. The Kier molecular flexibility index (Phi) is 6.23. The number of aromatic nitrogens is 3. The maximum absolute atomic E-state index is 13.1. The van der Waals surface area contributed by atoms with Gasteiger partial charge in [-0.2, -0.15) is 0 Å². The van der Waals surface area contributed by atoms with Gasteiger partial charge >= 0.3 is 0 Å². The number of hydrogen-bond donors (Lipinski definition) is 1. The first kappa shape index (κ1) is 21.6. The van der Waals surface area contributed by atoms with Crippen molar-refractivity contribution >= 4 is 9.84 Å². The molecule has 0 spiro atoms. The van der Waals surface area contributed by atoms with E-state index in [1.54, 1.807) is 26.5 Å². The Balaban J connectivity index is 1.73. The van der Waals surface area contributed by atoms with Gasteiger partial charge in [0.1, 0.15) is 11.5 Å². The van der Waals surface area contributed by atoms with Crippen LogP contribution < -0.4 is 9.47 Å². The van der Waals surface area contributed by atoms with Crippen molar-refractivity contribution in [3.05, 3.63) is 78.6 Å². The topological polar surface area (TPSA) is 94.2 Å². The van der Waals surface area contributed by atoms with E-state index in [4.69, 9.17) is 9.47 Å². The van der Waals surface area contributed by atoms with Crippen molar-refractivity contribution in [1.82, 2.24) is 15.0 Å². The molecule has 0 bridgehead atoms. The molecular weight excluding hydrogens is 426 g/mol. The highest BCUT2D eigenvalue weighted by atomic mass is 32.2. The third-order valence-corrected chi connectivity index (χ3v) is 6.60. The van der Waals surface area contributed by atoms with Gasteiger partial charge in [-0.05, 0) is 60.7 Å². The molecule has 8 heteroatoms. The summed E-state index contributed by atoms with van der Waals surface area (Å²) in [7, 11) is -0.465. The Morgan fingerprint density at radius 1 is 0.844 bits per heavy atom. The molecule has 0 radical (unpaired) electrons. The number of nitrogens with one attached hydrogen (secondary N) is 1. The zero-order valence-electron chi connectivity index (χ0n) is 17.8. The highest BCUT2D eigenvalue weighted by Gasteiger charge is 2.23. The maximum atomic E-state index is 13.1. The smallest absolute Gasteiger partial charge is 0.226 e. The van der Waals surface area contributed by atoms with Crippen molar-refractivity contribution in [3.8, 4) is 34.0 Å². The van der Waals surface area contributed by atoms with E-state index in [0.29, 0.717) is 35.0 Å². The van der Waals surface area contributed by atoms with Crippen LogP contribution >= 0.6 is 0 Å². The summed E-state index contributed by atoms with van der Waals surface area (Å²) in [6.07, 6.45) is 1.96. The summed E-state index contributed by atoms with van der Waals surface area (Å²) in [5.41, 5.74) is 3.46. The number of ether oxygens (including phenoxy) is 2. The van der Waals surface area contributed by atoms with Gasteiger partial charge in [0, 0.05) is 29.4 Å². The summed E-state index contributed by atoms with van der Waals surface area (Å²) in [4.78, 5) is 11.8. The fourth-order valence-corrected chi connectivity index (χ4v) is 4.46. The lowest BCUT2D eigenvalue weighted by molar-refractivity contribution is 0.414. The predicted octanol–water partition coefficient (Wildman–Crippen LogP) is 4.17. The van der Waals surface area contributed by atoms with Gasteiger partial charge in [0.25, 0.3) is 0 Å². The third kappa shape index (κ3) is 4.65. The molecule has 0 aliphatic heterocycles. The Morgan fingerprint density at radius 3 is 2.03 bits per heavy atom. The fourth-order valence-electron chi connectivity index (χ4n) is 3.30. The van der Waals surface area contributed by atoms with Crippen molar-refractivity contribution < 1.29 is 17.9 Å². The van der Waals surface area contributed by atoms with Crippen LogP contribution in [0.3, 0.4) is 0 Å². The Hall–Kier alpha value is -3.65. The molecule has 7 nitrogen and oxygen atoms in total. The number of sulfone groups is 1. The normalized spacial score (nSPS) is 11.3. The second-order valence-corrected chi connectivity index (χ2v) is 9.14. The summed E-state index contributed by atoms with van der Waals surface area (Å²) < 4.78 is 36.6. The molecular formula is C24H23N3O4S. The minimum absolute atomic E-state index is 0.0648. The zero-order valence-corrected chi connectivity index (χ0v) is 18.6. The molecule has 0 saturated carbocycles. The van der Waals surface area contributed by atoms with Crippen molar-refractivity contribution in [2.45, 2.75) is 11.6 Å². The molecule has 2 aromatic carbocycles. The molecule has 2 aromatic heterocycles. The third-order valence-electron chi connectivity index (χ3n) is 5.07. The number of hydrogen-bond acceptors (Lipinski definition) is 6. The van der Waals surface area contributed by atoms with Crippen molar-refractivity contribution in [1.29, 1.82) is 0 Å². The minimum Gasteiger partial charge on any atom is -0.497 e. The van der Waals surface area contributed by atoms with Crippen LogP contribution in [0.15, 0.2) is 78.1 Å². The Bertz CT molecular complexity index is 1220. The molecule has 0 aliphatic carbocycles. The molecule has 0 fully saturated rings. The zero-order chi connectivity index (χ0) is 22.6. The molecule has 1 N–H and O–H groups in total. The second-order valence-electron chi connectivity index (χ2n) is 7.11. The first-order valence-corrected chi connectivity index (χ1v) is 11.7. The van der Waals surface area contributed by atoms with Crippen LogP contribution in [0, 0.1) is 0 Å². The highest BCUT2D eigenvalue weighted by Crippen LogP contribution is 2.33. The summed E-state index contributed by atoms with van der Waals surface area (Å²) in [5, 5.41) is -0.0648. The molecule has 0 atom stereocenters. The van der Waals surface area contributed by atoms with Crippen LogP contribution in [-0.2, 0) is 16.3 Å². The molecule has 4 aromatic rings. The molecule has 0 aliphatic rings. The molecule has 164 valence electrons. The first-order valence-electron chi connectivity index (χ1n) is 10.0. The molecule has 0 unspecified atom stereocenters. The SMILES string of the molecule is COc1ccc(-c2nc(S(=O)(=O)CCc3ccccn3)[nH]c2-c2ccc(OC)cc2)cc1. The van der Waals surface area contributed by atoms with Gasteiger partial charge in [0.15, 0.2) is 0 Å². The fraction of sp³-hybridized carbons (Fsp3) is 0.167. The van der Waals surface area contributed by atoms with E-state index in [1.807, 2.05) is 60.7 Å². The van der Waals surface area contributed by atoms with Crippen LogP contribution in [0.25, 0.3) is 22.5 Å². The monoisotopic (exact) mass is 449 g/mol. The Labute approximate surface area is 187 Å². The number of aromatic amines is 1. The predicted molar refractivity (Wildman–Crippen MR) is 123 cm³/mol. The van der Waals surface area contributed by atoms with Gasteiger partial charge in [-0.25, -0.2) is 13.4 Å². The van der Waals surface area contributed by atoms with Gasteiger partial charge in [-0.3, -0.25) is 4.98 Å². The van der Waals surface area contributed by atoms with Crippen molar-refractivity contribution in [3.63, 3.8) is 0 Å². The lowest BCUT2D eigenvalue weighted by Crippen LogP contribution is -2.11. The van der Waals surface area contributed by atoms with Crippen LogP contribution in [0.4, 0.5) is 0 Å². The number of pyridine rings is 1. The molecule has 0 amide bonds. The standard InChI is InChI=1S/C24H23N3O4S/c1-30-20-10-6-17(7-11-20)22-23(18-8-12-21(31-2)13-9-18)27-24(26-22)32(28,29)16-14-19-5-3-4-15-25-19/h3-13,15H,14,16H2,1-2H3,(H,26,27). The van der Waals surface area contributed by atoms with Gasteiger partial charge in [0.2, 0.25) is 15.0 Å². The molecule has 32 heavy (non-hydrogen) atoms. The van der Waals surface area contributed by atoms with E-state index in [0.717, 1.165) is 11.1 Å². The first-order chi connectivity index (χ1) is 15.5. The van der Waals surface area contributed by atoms with Gasteiger partial charge in [0.05, 0.1) is 31.4 Å². The number of rotatable bonds is 8. The quantitative estimate of drug-likeness (QED) is 0.434. The van der Waals surface area contributed by atoms with E-state index >= 15 is 0 Å². The molecule has 0 saturated heterocycles. The van der Waals surface area contributed by atoms with Gasteiger partial charge in [-0.15, -0.1) is 0 Å². The van der Waals surface area contributed by atoms with Crippen LogP contribution in [0.1, 0.15) is 5.69 Å². The summed E-state index contributed by atoms with van der Waals surface area (Å²) in [6.45, 7) is 0. The average molecular weight is 450 g/mol. The van der Waals surface area contributed by atoms with Crippen molar-refractivity contribution in [2.24, 2.45) is 0 Å². The van der Waals surface area contributed by atoms with E-state index < -0.39 is 9.84 Å². The summed E-state index contributed by atoms with van der Waals surface area (Å²) in [6, 6.07) is 20.2. The van der Waals surface area contributed by atoms with E-state index in [2.05, 4.69) is 15.0 Å². The number of nitrogens with zero attached hydrogens (tertiary/aromatic N) is 2. The van der Waals surface area contributed by atoms with Gasteiger partial charge in [-0.1, -0.05) is 6.07 Å². The number of imidazole rings is 1. The maximum Gasteiger partial charge on any atom is 0.226 e. The van der Waals surface area contributed by atoms with Crippen molar-refractivity contribution in [2.75, 3.05) is 20.0 Å². The number of methoxy groups -OCH3 is 2. The summed E-state index contributed by atoms with van der Waals surface area (Å²) in [5.74, 6) is 1.32. The molecule has 2 heterocycles. The number of benzene rings is 2. The lowest BCUT2D eigenvalue weighted by Gasteiger charge is -2.06. The van der Waals surface area contributed by atoms with E-state index in [9.17, 15) is 8.42 Å². The second kappa shape index (κ2) is 9.23. The van der Waals surface area contributed by atoms with E-state index in [-0.39, 0.29) is 10.9 Å². The lowest BCUT2D eigenvalue weighted by atomic mass is 10.0.